The van der Waals surface area contributed by atoms with E-state index in [-0.39, 0.29) is 23.5 Å². The summed E-state index contributed by atoms with van der Waals surface area (Å²) >= 11 is 0. The van der Waals surface area contributed by atoms with Crippen LogP contribution in [0.3, 0.4) is 0 Å². The number of aryl methyl sites for hydroxylation is 2. The van der Waals surface area contributed by atoms with Crippen LogP contribution in [0.2, 0.25) is 0 Å². The Labute approximate surface area is 120 Å². The van der Waals surface area contributed by atoms with E-state index >= 15 is 0 Å². The molecule has 0 aromatic carbocycles. The molecule has 0 spiro atoms. The maximum Gasteiger partial charge on any atom is 0.262 e. The van der Waals surface area contributed by atoms with Gasteiger partial charge in [0.1, 0.15) is 5.82 Å². The fourth-order valence-corrected chi connectivity index (χ4v) is 3.60. The first kappa shape index (κ1) is 16.4. The fourth-order valence-electron chi connectivity index (χ4n) is 2.16. The van der Waals surface area contributed by atoms with E-state index in [0.29, 0.717) is 5.82 Å². The topological polar surface area (TPSA) is 67.2 Å². The monoisotopic (exact) mass is 308 g/mol. The Morgan fingerprint density at radius 3 is 2.47 bits per heavy atom. The van der Waals surface area contributed by atoms with Gasteiger partial charge in [-0.1, -0.05) is 0 Å². The molecule has 110 valence electrons. The van der Waals surface area contributed by atoms with Crippen LogP contribution in [0.4, 0.5) is 0 Å². The molecule has 0 unspecified atom stereocenters. The normalized spacial score (nSPS) is 17.5. The number of nitrogens with zero attached hydrogens (tertiary/aromatic N) is 3. The lowest BCUT2D eigenvalue weighted by Gasteiger charge is -2.30. The third-order valence-electron chi connectivity index (χ3n) is 3.55. The van der Waals surface area contributed by atoms with Gasteiger partial charge < -0.3 is 9.88 Å². The number of halogens is 1. The van der Waals surface area contributed by atoms with E-state index in [1.54, 1.807) is 31.8 Å². The second kappa shape index (κ2) is 6.21. The summed E-state index contributed by atoms with van der Waals surface area (Å²) in [5, 5.41) is 3.37. The van der Waals surface area contributed by atoms with Crippen LogP contribution in [0.1, 0.15) is 18.7 Å². The molecule has 0 atom stereocenters. The van der Waals surface area contributed by atoms with Gasteiger partial charge in [0.2, 0.25) is 0 Å². The van der Waals surface area contributed by atoms with Crippen LogP contribution < -0.4 is 5.32 Å². The van der Waals surface area contributed by atoms with E-state index in [4.69, 9.17) is 0 Å². The highest BCUT2D eigenvalue weighted by atomic mass is 35.5. The molecule has 1 fully saturated rings. The predicted molar refractivity (Wildman–Crippen MR) is 76.0 cm³/mol. The summed E-state index contributed by atoms with van der Waals surface area (Å²) in [5.74, 6) is 0.701. The van der Waals surface area contributed by atoms with Gasteiger partial charge in [-0.2, -0.15) is 4.31 Å². The van der Waals surface area contributed by atoms with Crippen LogP contribution >= 0.6 is 12.4 Å². The Balaban J connectivity index is 0.00000180. The van der Waals surface area contributed by atoms with Crippen molar-refractivity contribution in [2.24, 2.45) is 7.05 Å². The van der Waals surface area contributed by atoms with Crippen molar-refractivity contribution in [3.8, 4) is 0 Å². The quantitative estimate of drug-likeness (QED) is 0.884. The summed E-state index contributed by atoms with van der Waals surface area (Å²) in [7, 11) is -0.0210. The summed E-state index contributed by atoms with van der Waals surface area (Å²) in [6, 6.07) is 0.0681. The van der Waals surface area contributed by atoms with Crippen LogP contribution in [0.5, 0.6) is 0 Å². The standard InChI is InChI=1S/C11H20N4O2S.ClH/c1-9-13-11(8-14(9)2)18(16,17)15(3)10-4-6-12-7-5-10;/h8,10,12H,4-7H2,1-3H3;1H. The highest BCUT2D eigenvalue weighted by Gasteiger charge is 2.30. The van der Waals surface area contributed by atoms with Crippen LogP contribution in [0.15, 0.2) is 11.2 Å². The van der Waals surface area contributed by atoms with Crippen molar-refractivity contribution in [3.63, 3.8) is 0 Å². The van der Waals surface area contributed by atoms with E-state index in [1.165, 1.54) is 4.31 Å². The molecule has 0 saturated carbocycles. The van der Waals surface area contributed by atoms with Crippen molar-refractivity contribution in [2.75, 3.05) is 20.1 Å². The zero-order chi connectivity index (χ0) is 13.3. The van der Waals surface area contributed by atoms with Crippen LogP contribution in [0, 0.1) is 6.92 Å². The molecule has 6 nitrogen and oxygen atoms in total. The van der Waals surface area contributed by atoms with E-state index < -0.39 is 10.0 Å². The van der Waals surface area contributed by atoms with Gasteiger partial charge in [-0.05, 0) is 32.9 Å². The largest absolute Gasteiger partial charge is 0.337 e. The molecule has 1 N–H and O–H groups in total. The third kappa shape index (κ3) is 3.28. The first-order chi connectivity index (χ1) is 8.43. The number of piperidine rings is 1. The zero-order valence-electron chi connectivity index (χ0n) is 11.5. The van der Waals surface area contributed by atoms with Gasteiger partial charge in [0.05, 0.1) is 0 Å². The van der Waals surface area contributed by atoms with Crippen molar-refractivity contribution in [2.45, 2.75) is 30.8 Å². The number of rotatable bonds is 3. The molecule has 1 aliphatic rings. The third-order valence-corrected chi connectivity index (χ3v) is 5.33. The number of imidazole rings is 1. The molecule has 0 bridgehead atoms. The van der Waals surface area contributed by atoms with Crippen molar-refractivity contribution in [1.82, 2.24) is 19.2 Å². The zero-order valence-corrected chi connectivity index (χ0v) is 13.1. The Hall–Kier alpha value is -0.630. The van der Waals surface area contributed by atoms with Gasteiger partial charge in [0.15, 0.2) is 5.03 Å². The average molecular weight is 309 g/mol. The average Bonchev–Trinajstić information content (AvgIpc) is 2.70. The number of hydrogen-bond acceptors (Lipinski definition) is 4. The van der Waals surface area contributed by atoms with E-state index in [0.717, 1.165) is 25.9 Å². The number of aromatic nitrogens is 2. The second-order valence-electron chi connectivity index (χ2n) is 4.74. The fraction of sp³-hybridized carbons (Fsp3) is 0.727. The molecular weight excluding hydrogens is 288 g/mol. The Morgan fingerprint density at radius 1 is 1.42 bits per heavy atom. The van der Waals surface area contributed by atoms with Crippen LogP contribution in [0.25, 0.3) is 0 Å². The van der Waals surface area contributed by atoms with Gasteiger partial charge in [0, 0.05) is 26.3 Å². The lowest BCUT2D eigenvalue weighted by atomic mass is 10.1. The first-order valence-corrected chi connectivity index (χ1v) is 7.55. The van der Waals surface area contributed by atoms with E-state index in [1.807, 2.05) is 0 Å². The molecule has 0 radical (unpaired) electrons. The van der Waals surface area contributed by atoms with Crippen molar-refractivity contribution in [1.29, 1.82) is 0 Å². The van der Waals surface area contributed by atoms with Crippen molar-refractivity contribution >= 4 is 22.4 Å². The van der Waals surface area contributed by atoms with Gasteiger partial charge in [0.25, 0.3) is 10.0 Å². The SMILES string of the molecule is Cc1nc(S(=O)(=O)N(C)C2CCNCC2)cn1C.Cl. The number of nitrogens with one attached hydrogen (secondary N) is 1. The molecule has 2 heterocycles. The van der Waals surface area contributed by atoms with Gasteiger partial charge in [-0.15, -0.1) is 12.4 Å². The van der Waals surface area contributed by atoms with Gasteiger partial charge >= 0.3 is 0 Å². The van der Waals surface area contributed by atoms with Gasteiger partial charge in [-0.25, -0.2) is 13.4 Å². The Kier molecular flexibility index (Phi) is 5.37. The highest BCUT2D eigenvalue weighted by Crippen LogP contribution is 2.19. The summed E-state index contributed by atoms with van der Waals surface area (Å²) < 4.78 is 28.0. The number of hydrogen-bond donors (Lipinski definition) is 1. The molecule has 0 aliphatic carbocycles. The smallest absolute Gasteiger partial charge is 0.262 e. The molecule has 1 aromatic rings. The lowest BCUT2D eigenvalue weighted by Crippen LogP contribution is -2.43. The first-order valence-electron chi connectivity index (χ1n) is 6.11. The van der Waals surface area contributed by atoms with Gasteiger partial charge in [-0.3, -0.25) is 0 Å². The molecular formula is C11H21ClN4O2S. The lowest BCUT2D eigenvalue weighted by molar-refractivity contribution is 0.296. The highest BCUT2D eigenvalue weighted by molar-refractivity contribution is 7.89. The van der Waals surface area contributed by atoms with Crippen molar-refractivity contribution in [3.05, 3.63) is 12.0 Å². The maximum absolute atomic E-state index is 12.4. The Bertz CT molecular complexity index is 503. The summed E-state index contributed by atoms with van der Waals surface area (Å²) in [5.41, 5.74) is 0. The predicted octanol–water partition coefficient (Wildman–Crippen LogP) is 0.523. The molecule has 2 rings (SSSR count). The molecule has 1 aliphatic heterocycles. The minimum Gasteiger partial charge on any atom is -0.337 e. The van der Waals surface area contributed by atoms with E-state index in [2.05, 4.69) is 10.3 Å². The molecule has 19 heavy (non-hydrogen) atoms. The molecule has 0 amide bonds. The minimum absolute atomic E-state index is 0. The summed E-state index contributed by atoms with van der Waals surface area (Å²) in [4.78, 5) is 4.12. The van der Waals surface area contributed by atoms with Crippen LogP contribution in [-0.2, 0) is 17.1 Å². The molecule has 1 saturated heterocycles. The van der Waals surface area contributed by atoms with Crippen LogP contribution in [-0.4, -0.2) is 48.5 Å². The summed E-state index contributed by atoms with van der Waals surface area (Å²) in [6.45, 7) is 3.53. The molecule has 1 aromatic heterocycles. The minimum atomic E-state index is -3.47. The number of sulfonamides is 1. The van der Waals surface area contributed by atoms with E-state index in [9.17, 15) is 8.42 Å². The summed E-state index contributed by atoms with van der Waals surface area (Å²) in [6.07, 6.45) is 3.27. The Morgan fingerprint density at radius 2 is 2.00 bits per heavy atom. The molecule has 8 heteroatoms. The maximum atomic E-state index is 12.4. The second-order valence-corrected chi connectivity index (χ2v) is 6.68. The van der Waals surface area contributed by atoms with Crippen molar-refractivity contribution < 1.29 is 8.42 Å².